The molecule has 2 saturated heterocycles. The summed E-state index contributed by atoms with van der Waals surface area (Å²) >= 11 is 1.97. The van der Waals surface area contributed by atoms with Gasteiger partial charge in [-0.3, -0.25) is 10.1 Å². The molecule has 0 spiro atoms. The van der Waals surface area contributed by atoms with Crippen molar-refractivity contribution in [3.05, 3.63) is 35.4 Å². The summed E-state index contributed by atoms with van der Waals surface area (Å²) in [7, 11) is 0. The van der Waals surface area contributed by atoms with Gasteiger partial charge < -0.3 is 4.90 Å². The first-order valence-electron chi connectivity index (χ1n) is 7.39. The highest BCUT2D eigenvalue weighted by molar-refractivity contribution is 7.99. The van der Waals surface area contributed by atoms with Crippen molar-refractivity contribution in [3.63, 3.8) is 0 Å². The third-order valence-corrected chi connectivity index (χ3v) is 5.40. The highest BCUT2D eigenvalue weighted by Crippen LogP contribution is 2.32. The molecule has 20 heavy (non-hydrogen) atoms. The summed E-state index contributed by atoms with van der Waals surface area (Å²) in [5.41, 5.74) is 2.45. The molecule has 2 aliphatic heterocycles. The van der Waals surface area contributed by atoms with Crippen LogP contribution < -0.4 is 5.32 Å². The lowest BCUT2D eigenvalue weighted by Crippen LogP contribution is -2.42. The van der Waals surface area contributed by atoms with E-state index in [1.54, 1.807) is 0 Å². The van der Waals surface area contributed by atoms with E-state index in [4.69, 9.17) is 0 Å². The molecular weight excluding hydrogens is 268 g/mol. The van der Waals surface area contributed by atoms with Crippen molar-refractivity contribution < 1.29 is 4.79 Å². The van der Waals surface area contributed by atoms with E-state index in [9.17, 15) is 4.79 Å². The van der Waals surface area contributed by atoms with Gasteiger partial charge in [0.2, 0.25) is 5.91 Å². The molecule has 108 valence electrons. The van der Waals surface area contributed by atoms with Crippen molar-refractivity contribution in [2.75, 3.05) is 11.5 Å². The Balaban J connectivity index is 1.89. The Kier molecular flexibility index (Phi) is 4.03. The highest BCUT2D eigenvalue weighted by Gasteiger charge is 2.41. The number of benzene rings is 1. The topological polar surface area (TPSA) is 32.3 Å². The second-order valence-corrected chi connectivity index (χ2v) is 6.97. The summed E-state index contributed by atoms with van der Waals surface area (Å²) in [5.74, 6) is 2.56. The first-order valence-corrected chi connectivity index (χ1v) is 8.55. The molecule has 2 aliphatic rings. The molecule has 0 radical (unpaired) electrons. The van der Waals surface area contributed by atoms with Gasteiger partial charge >= 0.3 is 0 Å². The van der Waals surface area contributed by atoms with Crippen molar-refractivity contribution in [2.24, 2.45) is 0 Å². The van der Waals surface area contributed by atoms with Crippen LogP contribution in [-0.4, -0.2) is 34.4 Å². The second-order valence-electron chi connectivity index (χ2n) is 5.82. The number of hydrogen-bond acceptors (Lipinski definition) is 3. The lowest BCUT2D eigenvalue weighted by atomic mass is 10.1. The van der Waals surface area contributed by atoms with E-state index in [0.29, 0.717) is 6.04 Å². The van der Waals surface area contributed by atoms with Gasteiger partial charge in [0.25, 0.3) is 0 Å². The molecule has 3 nitrogen and oxygen atoms in total. The zero-order chi connectivity index (χ0) is 14.1. The predicted molar refractivity (Wildman–Crippen MR) is 83.7 cm³/mol. The largest absolute Gasteiger partial charge is 0.318 e. The SMILES string of the molecule is Cc1cccc(C2NC(C)C(=O)N2C2CCCSC2)c1. The summed E-state index contributed by atoms with van der Waals surface area (Å²) in [6.45, 7) is 4.08. The Hall–Kier alpha value is -1.00. The van der Waals surface area contributed by atoms with Crippen LogP contribution in [0, 0.1) is 6.92 Å². The van der Waals surface area contributed by atoms with Crippen LogP contribution in [0.4, 0.5) is 0 Å². The number of amides is 1. The molecule has 1 N–H and O–H groups in total. The van der Waals surface area contributed by atoms with Crippen LogP contribution in [0.5, 0.6) is 0 Å². The maximum atomic E-state index is 12.5. The zero-order valence-corrected chi connectivity index (χ0v) is 13.0. The van der Waals surface area contributed by atoms with Gasteiger partial charge in [0.15, 0.2) is 0 Å². The summed E-state index contributed by atoms with van der Waals surface area (Å²) in [5, 5.41) is 3.46. The first-order chi connectivity index (χ1) is 9.66. The number of thioether (sulfide) groups is 1. The molecule has 0 aliphatic carbocycles. The van der Waals surface area contributed by atoms with Gasteiger partial charge in [-0.15, -0.1) is 0 Å². The second kappa shape index (κ2) is 5.78. The molecule has 1 aromatic carbocycles. The number of nitrogens with zero attached hydrogens (tertiary/aromatic N) is 1. The monoisotopic (exact) mass is 290 g/mol. The Bertz CT molecular complexity index is 499. The minimum absolute atomic E-state index is 0.0427. The number of hydrogen-bond donors (Lipinski definition) is 1. The lowest BCUT2D eigenvalue weighted by Gasteiger charge is -2.35. The molecule has 0 saturated carbocycles. The van der Waals surface area contributed by atoms with Crippen molar-refractivity contribution in [1.82, 2.24) is 10.2 Å². The molecule has 1 amide bonds. The number of carbonyl (C=O) groups excluding carboxylic acids is 1. The van der Waals surface area contributed by atoms with Gasteiger partial charge in [0, 0.05) is 11.8 Å². The van der Waals surface area contributed by atoms with Crippen LogP contribution in [0.1, 0.15) is 37.1 Å². The molecule has 0 bridgehead atoms. The zero-order valence-electron chi connectivity index (χ0n) is 12.1. The van der Waals surface area contributed by atoms with Gasteiger partial charge in [-0.05, 0) is 38.0 Å². The smallest absolute Gasteiger partial charge is 0.241 e. The van der Waals surface area contributed by atoms with E-state index in [-0.39, 0.29) is 18.1 Å². The molecule has 1 aromatic rings. The maximum Gasteiger partial charge on any atom is 0.241 e. The van der Waals surface area contributed by atoms with Gasteiger partial charge in [-0.1, -0.05) is 29.8 Å². The summed E-state index contributed by atoms with van der Waals surface area (Å²) in [6, 6.07) is 8.79. The van der Waals surface area contributed by atoms with Crippen LogP contribution >= 0.6 is 11.8 Å². The Labute approximate surface area is 125 Å². The van der Waals surface area contributed by atoms with Crippen LogP contribution in [0.15, 0.2) is 24.3 Å². The maximum absolute atomic E-state index is 12.5. The number of nitrogens with one attached hydrogen (secondary N) is 1. The molecular formula is C16H22N2OS. The van der Waals surface area contributed by atoms with Crippen LogP contribution in [0.2, 0.25) is 0 Å². The fraction of sp³-hybridized carbons (Fsp3) is 0.562. The van der Waals surface area contributed by atoms with Crippen LogP contribution in [0.25, 0.3) is 0 Å². The van der Waals surface area contributed by atoms with Crippen molar-refractivity contribution in [1.29, 1.82) is 0 Å². The molecule has 3 atom stereocenters. The molecule has 3 unspecified atom stereocenters. The van der Waals surface area contributed by atoms with Gasteiger partial charge in [0.05, 0.1) is 6.04 Å². The standard InChI is InChI=1S/C16H22N2OS/c1-11-5-3-6-13(9-11)15-17-12(2)16(19)18(15)14-7-4-8-20-10-14/h3,5-6,9,12,14-15,17H,4,7-8,10H2,1-2H3. The molecule has 4 heteroatoms. The number of rotatable bonds is 2. The van der Waals surface area contributed by atoms with Crippen molar-refractivity contribution >= 4 is 17.7 Å². The molecule has 3 rings (SSSR count). The van der Waals surface area contributed by atoms with E-state index in [1.807, 2.05) is 18.7 Å². The van der Waals surface area contributed by atoms with Crippen molar-refractivity contribution in [3.8, 4) is 0 Å². The van der Waals surface area contributed by atoms with Crippen LogP contribution in [-0.2, 0) is 4.79 Å². The van der Waals surface area contributed by atoms with Crippen LogP contribution in [0.3, 0.4) is 0 Å². The third kappa shape index (κ3) is 2.59. The Morgan fingerprint density at radius 1 is 1.40 bits per heavy atom. The quantitative estimate of drug-likeness (QED) is 0.909. The fourth-order valence-corrected chi connectivity index (χ4v) is 4.31. The fourth-order valence-electron chi connectivity index (χ4n) is 3.17. The van der Waals surface area contributed by atoms with E-state index < -0.39 is 0 Å². The average Bonchev–Trinajstić information content (AvgIpc) is 2.76. The normalized spacial score (nSPS) is 30.8. The van der Waals surface area contributed by atoms with E-state index in [0.717, 1.165) is 12.2 Å². The van der Waals surface area contributed by atoms with Crippen molar-refractivity contribution in [2.45, 2.75) is 44.9 Å². The minimum Gasteiger partial charge on any atom is -0.318 e. The van der Waals surface area contributed by atoms with Gasteiger partial charge in [-0.25, -0.2) is 0 Å². The molecule has 2 fully saturated rings. The van der Waals surface area contributed by atoms with E-state index >= 15 is 0 Å². The summed E-state index contributed by atoms with van der Waals surface area (Å²) in [6.07, 6.45) is 2.39. The average molecular weight is 290 g/mol. The number of aryl methyl sites for hydroxylation is 1. The van der Waals surface area contributed by atoms with Gasteiger partial charge in [-0.2, -0.15) is 11.8 Å². The lowest BCUT2D eigenvalue weighted by molar-refractivity contribution is -0.131. The highest BCUT2D eigenvalue weighted by atomic mass is 32.2. The third-order valence-electron chi connectivity index (χ3n) is 4.20. The van der Waals surface area contributed by atoms with Gasteiger partial charge in [0.1, 0.15) is 6.17 Å². The minimum atomic E-state index is -0.0764. The first kappa shape index (κ1) is 14.0. The molecule has 0 aromatic heterocycles. The molecule has 2 heterocycles. The Morgan fingerprint density at radius 3 is 2.95 bits per heavy atom. The van der Waals surface area contributed by atoms with E-state index in [1.165, 1.54) is 23.3 Å². The Morgan fingerprint density at radius 2 is 2.25 bits per heavy atom. The number of carbonyl (C=O) groups is 1. The van der Waals surface area contributed by atoms with E-state index in [2.05, 4.69) is 41.4 Å². The summed E-state index contributed by atoms with van der Waals surface area (Å²) in [4.78, 5) is 14.6. The summed E-state index contributed by atoms with van der Waals surface area (Å²) < 4.78 is 0. The predicted octanol–water partition coefficient (Wildman–Crippen LogP) is 2.71.